The van der Waals surface area contributed by atoms with E-state index in [0.717, 1.165) is 12.8 Å². The fourth-order valence-corrected chi connectivity index (χ4v) is 3.95. The predicted molar refractivity (Wildman–Crippen MR) is 118 cm³/mol. The van der Waals surface area contributed by atoms with E-state index in [1.807, 2.05) is 18.2 Å². The Morgan fingerprint density at radius 1 is 1.12 bits per heavy atom. The van der Waals surface area contributed by atoms with Crippen molar-refractivity contribution in [3.8, 4) is 16.9 Å². The number of fused-ring (bicyclic) bond motifs is 1. The van der Waals surface area contributed by atoms with Crippen LogP contribution in [0.1, 0.15) is 23.2 Å². The third-order valence-corrected chi connectivity index (χ3v) is 5.53. The lowest BCUT2D eigenvalue weighted by Gasteiger charge is -2.16. The molecule has 5 rings (SSSR count). The van der Waals surface area contributed by atoms with Crippen molar-refractivity contribution in [1.29, 1.82) is 0 Å². The van der Waals surface area contributed by atoms with E-state index < -0.39 is 11.7 Å². The Balaban J connectivity index is 1.61. The summed E-state index contributed by atoms with van der Waals surface area (Å²) < 4.78 is 22.9. The number of nitrogens with zero attached hydrogens (tertiary/aromatic N) is 3. The Morgan fingerprint density at radius 2 is 1.91 bits per heavy atom. The molecule has 1 atom stereocenters. The molecule has 0 bridgehead atoms. The van der Waals surface area contributed by atoms with Crippen LogP contribution in [0, 0.1) is 5.82 Å². The molecule has 1 saturated heterocycles. The average Bonchev–Trinajstić information content (AvgIpc) is 3.43. The lowest BCUT2D eigenvalue weighted by molar-refractivity contribution is 0.0961. The molecule has 0 radical (unpaired) electrons. The minimum absolute atomic E-state index is 0.0131. The minimum Gasteiger partial charge on any atom is -0.376 e. The Kier molecular flexibility index (Phi) is 5.28. The standard InChI is InChI=1S/C24H21FN4O3/c25-20-10-4-5-11-21(20)26-23(30)18-14-28(13-17-9-6-12-32-17)15-19-22(18)27-29(24(19)31)16-7-2-1-3-8-16/h1-5,7-8,10-11,14-15,17H,6,9,12-13H2,(H,26,30)/t17-/m1/s1. The largest absolute Gasteiger partial charge is 0.376 e. The van der Waals surface area contributed by atoms with Gasteiger partial charge < -0.3 is 14.6 Å². The molecule has 0 unspecified atom stereocenters. The fourth-order valence-electron chi connectivity index (χ4n) is 3.95. The summed E-state index contributed by atoms with van der Waals surface area (Å²) in [6.07, 6.45) is 5.25. The van der Waals surface area contributed by atoms with Crippen molar-refractivity contribution < 1.29 is 13.9 Å². The lowest BCUT2D eigenvalue weighted by atomic mass is 10.1. The van der Waals surface area contributed by atoms with Gasteiger partial charge in [-0.2, -0.15) is 9.78 Å². The maximum absolute atomic E-state index is 14.1. The number of anilines is 1. The quantitative estimate of drug-likeness (QED) is 0.522. The Bertz CT molecular complexity index is 1290. The van der Waals surface area contributed by atoms with Gasteiger partial charge in [0.25, 0.3) is 11.5 Å². The summed E-state index contributed by atoms with van der Waals surface area (Å²) in [4.78, 5) is 26.3. The van der Waals surface area contributed by atoms with E-state index in [2.05, 4.69) is 10.4 Å². The van der Waals surface area contributed by atoms with Crippen molar-refractivity contribution in [2.24, 2.45) is 0 Å². The molecule has 8 heteroatoms. The smallest absolute Gasteiger partial charge is 0.282 e. The molecule has 1 amide bonds. The number of para-hydroxylation sites is 2. The number of hydrogen-bond acceptors (Lipinski definition) is 4. The predicted octanol–water partition coefficient (Wildman–Crippen LogP) is 3.71. The highest BCUT2D eigenvalue weighted by atomic mass is 19.1. The summed E-state index contributed by atoms with van der Waals surface area (Å²) in [5, 5.41) is 7.04. The topological polar surface area (TPSA) is 78.2 Å². The van der Waals surface area contributed by atoms with E-state index in [4.69, 9.17) is 4.74 Å². The minimum atomic E-state index is -0.542. The van der Waals surface area contributed by atoms with Crippen molar-refractivity contribution in [2.45, 2.75) is 25.5 Å². The summed E-state index contributed by atoms with van der Waals surface area (Å²) in [6.45, 7) is 1.21. The summed E-state index contributed by atoms with van der Waals surface area (Å²) in [6, 6.07) is 14.9. The number of benzene rings is 2. The van der Waals surface area contributed by atoms with Gasteiger partial charge in [0, 0.05) is 25.5 Å². The molecule has 7 nitrogen and oxygen atoms in total. The Labute approximate surface area is 183 Å². The lowest BCUT2D eigenvalue weighted by Crippen LogP contribution is -2.21. The molecule has 3 aliphatic rings. The number of pyridine rings is 1. The van der Waals surface area contributed by atoms with Crippen LogP contribution in [-0.2, 0) is 11.3 Å². The molecule has 32 heavy (non-hydrogen) atoms. The molecule has 2 aromatic rings. The van der Waals surface area contributed by atoms with E-state index in [0.29, 0.717) is 24.4 Å². The van der Waals surface area contributed by atoms with E-state index >= 15 is 0 Å². The molecule has 0 aromatic heterocycles. The normalized spacial score (nSPS) is 15.8. The van der Waals surface area contributed by atoms with Crippen LogP contribution in [0.5, 0.6) is 0 Å². The van der Waals surface area contributed by atoms with Crippen molar-refractivity contribution in [3.05, 3.63) is 88.7 Å². The molecular weight excluding hydrogens is 411 g/mol. The van der Waals surface area contributed by atoms with E-state index in [-0.39, 0.29) is 28.6 Å². The molecular formula is C24H21FN4O3. The number of hydrogen-bond donors (Lipinski definition) is 1. The van der Waals surface area contributed by atoms with Crippen LogP contribution < -0.4 is 10.9 Å². The molecule has 0 aliphatic carbocycles. The third-order valence-electron chi connectivity index (χ3n) is 5.53. The second-order valence-corrected chi connectivity index (χ2v) is 7.75. The zero-order valence-corrected chi connectivity index (χ0v) is 17.2. The SMILES string of the molecule is O=C(Nc1ccccc1F)c1cn(C[C@H]2CCCO2)cc2c(=O)n(-c3ccccc3)nc1-2. The van der Waals surface area contributed by atoms with Crippen LogP contribution in [0.4, 0.5) is 10.1 Å². The van der Waals surface area contributed by atoms with E-state index in [9.17, 15) is 14.0 Å². The fraction of sp³-hybridized carbons (Fsp3) is 0.208. The third kappa shape index (κ3) is 3.80. The van der Waals surface area contributed by atoms with Crippen molar-refractivity contribution in [1.82, 2.24) is 14.3 Å². The van der Waals surface area contributed by atoms with Gasteiger partial charge in [-0.15, -0.1) is 0 Å². The van der Waals surface area contributed by atoms with Gasteiger partial charge in [0.2, 0.25) is 0 Å². The van der Waals surface area contributed by atoms with Crippen LogP contribution in [0.25, 0.3) is 16.9 Å². The summed E-state index contributed by atoms with van der Waals surface area (Å²) in [5.41, 5.74) is 1.09. The van der Waals surface area contributed by atoms with Crippen LogP contribution in [0.3, 0.4) is 0 Å². The highest BCUT2D eigenvalue weighted by Crippen LogP contribution is 2.25. The molecule has 1 fully saturated rings. The number of amides is 1. The van der Waals surface area contributed by atoms with E-state index in [1.165, 1.54) is 16.8 Å². The molecule has 3 aliphatic heterocycles. The number of halogens is 1. The zero-order valence-electron chi connectivity index (χ0n) is 17.2. The first-order chi connectivity index (χ1) is 15.6. The first kappa shape index (κ1) is 20.1. The molecule has 2 aromatic carbocycles. The number of ether oxygens (including phenoxy) is 1. The molecule has 0 saturated carbocycles. The summed E-state index contributed by atoms with van der Waals surface area (Å²) in [5.74, 6) is -1.08. The van der Waals surface area contributed by atoms with Crippen LogP contribution >= 0.6 is 0 Å². The average molecular weight is 432 g/mol. The van der Waals surface area contributed by atoms with Crippen molar-refractivity contribution in [3.63, 3.8) is 0 Å². The van der Waals surface area contributed by atoms with Gasteiger partial charge in [-0.05, 0) is 37.1 Å². The van der Waals surface area contributed by atoms with Crippen LogP contribution in [0.2, 0.25) is 0 Å². The summed E-state index contributed by atoms with van der Waals surface area (Å²) >= 11 is 0. The Hall–Kier alpha value is -3.78. The number of aromatic nitrogens is 3. The zero-order chi connectivity index (χ0) is 22.1. The molecule has 0 spiro atoms. The van der Waals surface area contributed by atoms with E-state index in [1.54, 1.807) is 41.2 Å². The highest BCUT2D eigenvalue weighted by molar-refractivity contribution is 6.08. The van der Waals surface area contributed by atoms with Gasteiger partial charge in [0.15, 0.2) is 0 Å². The number of nitrogens with one attached hydrogen (secondary N) is 1. The maximum atomic E-state index is 14.1. The molecule has 162 valence electrons. The second kappa shape index (κ2) is 8.39. The van der Waals surface area contributed by atoms with Gasteiger partial charge in [0.05, 0.1) is 28.6 Å². The Morgan fingerprint density at radius 3 is 2.66 bits per heavy atom. The van der Waals surface area contributed by atoms with Gasteiger partial charge in [0.1, 0.15) is 11.5 Å². The van der Waals surface area contributed by atoms with Gasteiger partial charge >= 0.3 is 0 Å². The van der Waals surface area contributed by atoms with Gasteiger partial charge in [-0.25, -0.2) is 4.39 Å². The number of carbonyl (C=O) groups is 1. The number of carbonyl (C=O) groups excluding carboxylic acids is 1. The molecule has 1 N–H and O–H groups in total. The van der Waals surface area contributed by atoms with Crippen LogP contribution in [-0.4, -0.2) is 33.0 Å². The maximum Gasteiger partial charge on any atom is 0.282 e. The molecule has 3 heterocycles. The van der Waals surface area contributed by atoms with Crippen molar-refractivity contribution >= 4 is 11.6 Å². The van der Waals surface area contributed by atoms with Gasteiger partial charge in [-0.1, -0.05) is 30.3 Å². The van der Waals surface area contributed by atoms with Crippen LogP contribution in [0.15, 0.2) is 71.8 Å². The highest BCUT2D eigenvalue weighted by Gasteiger charge is 2.26. The van der Waals surface area contributed by atoms with Crippen molar-refractivity contribution in [2.75, 3.05) is 11.9 Å². The number of rotatable bonds is 5. The second-order valence-electron chi connectivity index (χ2n) is 7.75. The first-order valence-electron chi connectivity index (χ1n) is 10.5. The van der Waals surface area contributed by atoms with Gasteiger partial charge in [-0.3, -0.25) is 9.59 Å². The summed E-state index contributed by atoms with van der Waals surface area (Å²) in [7, 11) is 0. The first-order valence-corrected chi connectivity index (χ1v) is 10.5. The monoisotopic (exact) mass is 432 g/mol.